The molecule has 0 atom stereocenters. The van der Waals surface area contributed by atoms with Gasteiger partial charge in [0.05, 0.1) is 12.1 Å². The number of aromatic nitrogens is 1. The number of terminal acetylenes is 1. The van der Waals surface area contributed by atoms with Gasteiger partial charge in [-0.05, 0) is 30.5 Å². The number of piperidine rings is 1. The fourth-order valence-electron chi connectivity index (χ4n) is 3.10. The minimum atomic E-state index is -0.376. The SMILES string of the molecule is C#CCOC(=O)N1CCC(c2nc(C(=O)NCc3ccc(OC)cc3)cs2)CC1. The van der Waals surface area contributed by atoms with E-state index in [0.29, 0.717) is 25.3 Å². The minimum Gasteiger partial charge on any atom is -0.497 e. The van der Waals surface area contributed by atoms with Crippen LogP contribution < -0.4 is 10.1 Å². The molecule has 7 nitrogen and oxygen atoms in total. The third-order valence-corrected chi connectivity index (χ3v) is 5.76. The van der Waals surface area contributed by atoms with Crippen LogP contribution in [0.2, 0.25) is 0 Å². The van der Waals surface area contributed by atoms with Gasteiger partial charge in [0, 0.05) is 30.9 Å². The molecule has 29 heavy (non-hydrogen) atoms. The maximum absolute atomic E-state index is 12.4. The highest BCUT2D eigenvalue weighted by Gasteiger charge is 2.27. The number of amides is 2. The number of carbonyl (C=O) groups is 2. The summed E-state index contributed by atoms with van der Waals surface area (Å²) >= 11 is 1.48. The van der Waals surface area contributed by atoms with Crippen LogP contribution in [-0.4, -0.2) is 48.7 Å². The number of likely N-dealkylation sites (tertiary alicyclic amines) is 1. The predicted molar refractivity (Wildman–Crippen MR) is 110 cm³/mol. The van der Waals surface area contributed by atoms with Crippen LogP contribution in [0.3, 0.4) is 0 Å². The lowest BCUT2D eigenvalue weighted by atomic mass is 9.98. The Kier molecular flexibility index (Phi) is 7.09. The molecule has 1 fully saturated rings. The summed E-state index contributed by atoms with van der Waals surface area (Å²) in [5, 5.41) is 5.60. The third-order valence-electron chi connectivity index (χ3n) is 4.75. The first-order valence-corrected chi connectivity index (χ1v) is 10.2. The van der Waals surface area contributed by atoms with Crippen molar-refractivity contribution in [2.24, 2.45) is 0 Å². The Morgan fingerprint density at radius 1 is 1.31 bits per heavy atom. The van der Waals surface area contributed by atoms with Crippen molar-refractivity contribution in [3.8, 4) is 18.1 Å². The second kappa shape index (κ2) is 9.94. The number of rotatable bonds is 6. The summed E-state index contributed by atoms with van der Waals surface area (Å²) in [5.74, 6) is 3.11. The van der Waals surface area contributed by atoms with E-state index in [4.69, 9.17) is 15.9 Å². The standard InChI is InChI=1S/C21H23N3O4S/c1-3-12-28-21(26)24-10-8-16(9-11-24)20-23-18(14-29-20)19(25)22-13-15-4-6-17(27-2)7-5-15/h1,4-7,14,16H,8-13H2,2H3,(H,22,25). The number of nitrogens with one attached hydrogen (secondary N) is 1. The van der Waals surface area contributed by atoms with Gasteiger partial charge in [-0.15, -0.1) is 17.8 Å². The van der Waals surface area contributed by atoms with Crippen LogP contribution in [0.15, 0.2) is 29.6 Å². The summed E-state index contributed by atoms with van der Waals surface area (Å²) in [4.78, 5) is 30.4. The Morgan fingerprint density at radius 2 is 2.03 bits per heavy atom. The monoisotopic (exact) mass is 413 g/mol. The van der Waals surface area contributed by atoms with Gasteiger partial charge in [-0.1, -0.05) is 18.1 Å². The highest BCUT2D eigenvalue weighted by atomic mass is 32.1. The van der Waals surface area contributed by atoms with Crippen LogP contribution in [0.4, 0.5) is 4.79 Å². The Bertz CT molecular complexity index is 880. The molecule has 8 heteroatoms. The maximum atomic E-state index is 12.4. The second-order valence-electron chi connectivity index (χ2n) is 6.62. The van der Waals surface area contributed by atoms with E-state index >= 15 is 0 Å². The van der Waals surface area contributed by atoms with Crippen molar-refractivity contribution in [1.82, 2.24) is 15.2 Å². The van der Waals surface area contributed by atoms with Crippen LogP contribution in [0.25, 0.3) is 0 Å². The zero-order valence-corrected chi connectivity index (χ0v) is 17.0. The molecular formula is C21H23N3O4S. The molecule has 0 aliphatic carbocycles. The lowest BCUT2D eigenvalue weighted by Gasteiger charge is -2.30. The molecule has 0 radical (unpaired) electrons. The number of benzene rings is 1. The molecule has 1 aliphatic rings. The number of hydrogen-bond acceptors (Lipinski definition) is 6. The molecule has 1 aliphatic heterocycles. The van der Waals surface area contributed by atoms with Crippen molar-refractivity contribution in [1.29, 1.82) is 0 Å². The van der Waals surface area contributed by atoms with Crippen molar-refractivity contribution in [2.45, 2.75) is 25.3 Å². The van der Waals surface area contributed by atoms with Crippen LogP contribution in [0.5, 0.6) is 5.75 Å². The molecule has 1 saturated heterocycles. The lowest BCUT2D eigenvalue weighted by Crippen LogP contribution is -2.38. The van der Waals surface area contributed by atoms with Gasteiger partial charge in [0.25, 0.3) is 5.91 Å². The van der Waals surface area contributed by atoms with Gasteiger partial charge in [0.15, 0.2) is 6.61 Å². The van der Waals surface area contributed by atoms with Crippen molar-refractivity contribution in [3.63, 3.8) is 0 Å². The molecule has 1 aromatic carbocycles. The van der Waals surface area contributed by atoms with E-state index < -0.39 is 0 Å². The zero-order chi connectivity index (χ0) is 20.6. The first-order valence-electron chi connectivity index (χ1n) is 9.32. The molecule has 1 aromatic heterocycles. The first-order chi connectivity index (χ1) is 14.1. The van der Waals surface area contributed by atoms with E-state index in [2.05, 4.69) is 16.2 Å². The normalized spacial score (nSPS) is 14.1. The average molecular weight is 413 g/mol. The number of hydrogen-bond donors (Lipinski definition) is 1. The molecule has 0 bridgehead atoms. The molecule has 152 valence electrons. The summed E-state index contributed by atoms with van der Waals surface area (Å²) < 4.78 is 10.1. The summed E-state index contributed by atoms with van der Waals surface area (Å²) in [6.45, 7) is 1.59. The molecule has 0 unspecified atom stereocenters. The van der Waals surface area contributed by atoms with Crippen molar-refractivity contribution < 1.29 is 19.1 Å². The van der Waals surface area contributed by atoms with E-state index in [0.717, 1.165) is 29.2 Å². The van der Waals surface area contributed by atoms with E-state index in [1.54, 1.807) is 17.4 Å². The fourth-order valence-corrected chi connectivity index (χ4v) is 4.07. The Morgan fingerprint density at radius 3 is 2.69 bits per heavy atom. The van der Waals surface area contributed by atoms with Gasteiger partial charge in [-0.2, -0.15) is 0 Å². The molecule has 0 saturated carbocycles. The Balaban J connectivity index is 1.49. The first kappa shape index (κ1) is 20.7. The van der Waals surface area contributed by atoms with E-state index in [1.807, 2.05) is 24.3 Å². The quantitative estimate of drug-likeness (QED) is 0.737. The molecular weight excluding hydrogens is 390 g/mol. The highest BCUT2D eigenvalue weighted by molar-refractivity contribution is 7.09. The summed E-state index contributed by atoms with van der Waals surface area (Å²) in [7, 11) is 1.62. The smallest absolute Gasteiger partial charge is 0.410 e. The van der Waals surface area contributed by atoms with Gasteiger partial charge in [0.2, 0.25) is 0 Å². The molecule has 2 amide bonds. The fraction of sp³-hybridized carbons (Fsp3) is 0.381. The number of nitrogens with zero attached hydrogens (tertiary/aromatic N) is 2. The van der Waals surface area contributed by atoms with Crippen molar-refractivity contribution >= 4 is 23.3 Å². The molecule has 2 aromatic rings. The summed E-state index contributed by atoms with van der Waals surface area (Å²) in [6.07, 6.45) is 6.30. The number of methoxy groups -OCH3 is 1. The number of carbonyl (C=O) groups excluding carboxylic acids is 2. The van der Waals surface area contributed by atoms with Crippen LogP contribution in [0.1, 0.15) is 39.8 Å². The molecule has 3 rings (SSSR count). The van der Waals surface area contributed by atoms with Crippen molar-refractivity contribution in [3.05, 3.63) is 45.9 Å². The van der Waals surface area contributed by atoms with Crippen LogP contribution in [-0.2, 0) is 11.3 Å². The van der Waals surface area contributed by atoms with E-state index in [-0.39, 0.29) is 24.5 Å². The second-order valence-corrected chi connectivity index (χ2v) is 7.51. The molecule has 1 N–H and O–H groups in total. The zero-order valence-electron chi connectivity index (χ0n) is 16.2. The molecule has 0 spiro atoms. The van der Waals surface area contributed by atoms with Crippen LogP contribution in [0, 0.1) is 12.3 Å². The van der Waals surface area contributed by atoms with Crippen molar-refractivity contribution in [2.75, 3.05) is 26.8 Å². The van der Waals surface area contributed by atoms with Gasteiger partial charge in [-0.3, -0.25) is 4.79 Å². The van der Waals surface area contributed by atoms with Gasteiger partial charge >= 0.3 is 6.09 Å². The summed E-state index contributed by atoms with van der Waals surface area (Å²) in [5.41, 5.74) is 1.41. The Hall–Kier alpha value is -3.05. The van der Waals surface area contributed by atoms with E-state index in [9.17, 15) is 9.59 Å². The van der Waals surface area contributed by atoms with Crippen LogP contribution >= 0.6 is 11.3 Å². The van der Waals surface area contributed by atoms with E-state index in [1.165, 1.54) is 11.3 Å². The maximum Gasteiger partial charge on any atom is 0.410 e. The largest absolute Gasteiger partial charge is 0.497 e. The third kappa shape index (κ3) is 5.48. The average Bonchev–Trinajstić information content (AvgIpc) is 3.26. The number of ether oxygens (including phenoxy) is 2. The summed E-state index contributed by atoms with van der Waals surface area (Å²) in [6, 6.07) is 7.54. The lowest BCUT2D eigenvalue weighted by molar-refractivity contribution is 0.0946. The van der Waals surface area contributed by atoms with Gasteiger partial charge in [0.1, 0.15) is 11.4 Å². The topological polar surface area (TPSA) is 80.8 Å². The van der Waals surface area contributed by atoms with Gasteiger partial charge in [-0.25, -0.2) is 9.78 Å². The predicted octanol–water partition coefficient (Wildman–Crippen LogP) is 3.03. The minimum absolute atomic E-state index is 0.0137. The molecule has 2 heterocycles. The Labute approximate surface area is 174 Å². The number of thiazole rings is 1. The van der Waals surface area contributed by atoms with Gasteiger partial charge < -0.3 is 19.7 Å². The highest BCUT2D eigenvalue weighted by Crippen LogP contribution is 2.30.